The Bertz CT molecular complexity index is 543. The number of aliphatic imine (C=N–C) groups is 2. The molecule has 10 nitrogen and oxygen atoms in total. The molecule has 0 aliphatic heterocycles. The van der Waals surface area contributed by atoms with E-state index in [0.717, 1.165) is 19.3 Å². The van der Waals surface area contributed by atoms with E-state index in [-0.39, 0.29) is 11.1 Å². The van der Waals surface area contributed by atoms with E-state index in [1.807, 2.05) is 27.7 Å². The van der Waals surface area contributed by atoms with Crippen molar-refractivity contribution in [2.45, 2.75) is 71.4 Å². The van der Waals surface area contributed by atoms with E-state index in [1.165, 1.54) is 6.08 Å². The molecular weight excluding hydrogens is 464 g/mol. The Balaban J connectivity index is 0. The van der Waals surface area contributed by atoms with Crippen LogP contribution in [-0.4, -0.2) is 84.0 Å². The number of carbonyl (C=O) groups excluding carboxylic acids is 2. The topological polar surface area (TPSA) is 114 Å². The molecule has 0 aromatic carbocycles. The molecule has 0 bridgehead atoms. The monoisotopic (exact) mass is 508 g/mol. The van der Waals surface area contributed by atoms with Gasteiger partial charge >= 0.3 is 17.6 Å². The van der Waals surface area contributed by atoms with Crippen LogP contribution in [-0.2, 0) is 36.1 Å². The minimum absolute atomic E-state index is 0.162. The summed E-state index contributed by atoms with van der Waals surface area (Å²) in [6.07, 6.45) is 6.29. The van der Waals surface area contributed by atoms with E-state index in [1.54, 1.807) is 27.4 Å². The summed E-state index contributed by atoms with van der Waals surface area (Å²) in [5.41, 5.74) is 0.337. The summed E-state index contributed by atoms with van der Waals surface area (Å²) in [7, 11) is -0.487. The Kier molecular flexibility index (Phi) is 22.2. The van der Waals surface area contributed by atoms with Gasteiger partial charge in [0.05, 0.1) is 13.1 Å². The third kappa shape index (κ3) is 12.3. The van der Waals surface area contributed by atoms with E-state index >= 15 is 0 Å². The zero-order chi connectivity index (χ0) is 25.6. The number of rotatable bonds is 19. The largest absolute Gasteiger partial charge is 0.504 e. The van der Waals surface area contributed by atoms with Crippen molar-refractivity contribution >= 4 is 29.8 Å². The highest BCUT2D eigenvalue weighted by Gasteiger charge is 2.48. The normalized spacial score (nSPS) is 13.2. The summed E-state index contributed by atoms with van der Waals surface area (Å²) in [6.45, 7) is 12.5. The molecule has 0 N–H and O–H groups in total. The summed E-state index contributed by atoms with van der Waals surface area (Å²) < 4.78 is 33.7. The Hall–Kier alpha value is -1.05. The molecule has 12 heteroatoms. The van der Waals surface area contributed by atoms with E-state index < -0.39 is 17.6 Å². The smallest absolute Gasteiger partial charge is 0.377 e. The van der Waals surface area contributed by atoms with Gasteiger partial charge in [0, 0.05) is 52.2 Å². The van der Waals surface area contributed by atoms with Crippen molar-refractivity contribution in [1.82, 2.24) is 0 Å². The Morgan fingerprint density at radius 1 is 0.636 bits per heavy atom. The van der Waals surface area contributed by atoms with Crippen LogP contribution >= 0.6 is 0 Å². The SMILES string of the molecule is CCC(CCN=C=O)[Si](OC)(OC)OC.CCO[Si](OCC)(OCC)C(CC)CCN=C=O. The van der Waals surface area contributed by atoms with Crippen molar-refractivity contribution < 1.29 is 36.1 Å². The van der Waals surface area contributed by atoms with Crippen molar-refractivity contribution in [2.75, 3.05) is 54.2 Å². The van der Waals surface area contributed by atoms with Gasteiger partial charge in [-0.05, 0) is 46.5 Å². The van der Waals surface area contributed by atoms with Gasteiger partial charge in [-0.1, -0.05) is 13.8 Å². The van der Waals surface area contributed by atoms with Crippen molar-refractivity contribution in [2.24, 2.45) is 9.98 Å². The van der Waals surface area contributed by atoms with Gasteiger partial charge < -0.3 is 26.6 Å². The van der Waals surface area contributed by atoms with E-state index in [9.17, 15) is 9.59 Å². The molecule has 0 rings (SSSR count). The first-order chi connectivity index (χ1) is 15.9. The molecule has 0 radical (unpaired) electrons. The maximum Gasteiger partial charge on any atom is 0.504 e. The van der Waals surface area contributed by atoms with Gasteiger partial charge in [-0.3, -0.25) is 0 Å². The molecule has 194 valence electrons. The van der Waals surface area contributed by atoms with E-state index in [4.69, 9.17) is 26.6 Å². The second kappa shape index (κ2) is 21.5. The molecule has 2 unspecified atom stereocenters. The van der Waals surface area contributed by atoms with Crippen LogP contribution in [0.25, 0.3) is 0 Å². The molecule has 2 atom stereocenters. The Morgan fingerprint density at radius 2 is 0.970 bits per heavy atom. The maximum absolute atomic E-state index is 10.1. The fourth-order valence-electron chi connectivity index (χ4n) is 3.63. The third-order valence-corrected chi connectivity index (χ3v) is 12.4. The summed E-state index contributed by atoms with van der Waals surface area (Å²) in [5, 5.41) is 0. The highest BCUT2D eigenvalue weighted by Crippen LogP contribution is 2.32. The highest BCUT2D eigenvalue weighted by atomic mass is 28.4. The first kappa shape index (κ1) is 34.1. The minimum atomic E-state index is -2.66. The third-order valence-electron chi connectivity index (χ3n) is 5.18. The summed E-state index contributed by atoms with van der Waals surface area (Å²) >= 11 is 0. The van der Waals surface area contributed by atoms with Crippen LogP contribution in [0.15, 0.2) is 9.98 Å². The van der Waals surface area contributed by atoms with Crippen molar-refractivity contribution in [3.05, 3.63) is 0 Å². The number of hydrogen-bond donors (Lipinski definition) is 0. The average molecular weight is 509 g/mol. The quantitative estimate of drug-likeness (QED) is 0.147. The Labute approximate surface area is 201 Å². The van der Waals surface area contributed by atoms with Crippen molar-refractivity contribution in [3.8, 4) is 0 Å². The summed E-state index contributed by atoms with van der Waals surface area (Å²) in [5.74, 6) is 0. The van der Waals surface area contributed by atoms with Crippen molar-refractivity contribution in [1.29, 1.82) is 0 Å². The van der Waals surface area contributed by atoms with Crippen LogP contribution < -0.4 is 0 Å². The van der Waals surface area contributed by atoms with Gasteiger partial charge in [-0.15, -0.1) is 0 Å². The molecule has 0 saturated heterocycles. The second-order valence-corrected chi connectivity index (χ2v) is 13.0. The van der Waals surface area contributed by atoms with Gasteiger partial charge in [0.25, 0.3) is 0 Å². The zero-order valence-electron chi connectivity index (χ0n) is 21.7. The standard InChI is InChI=1S/C12H25NO4Si.C9H19NO4Si/c1-5-12(9-10-13-11-14)18(15-6-2,16-7-3)17-8-4;1-5-9(6-7-10-8-11)15(12-2,13-3)14-4/h12H,5-10H2,1-4H3;9H,5-7H2,1-4H3. The first-order valence-electron chi connectivity index (χ1n) is 11.5. The summed E-state index contributed by atoms with van der Waals surface area (Å²) in [4.78, 5) is 27.2. The number of hydrogen-bond acceptors (Lipinski definition) is 10. The van der Waals surface area contributed by atoms with Crippen molar-refractivity contribution in [3.63, 3.8) is 0 Å². The van der Waals surface area contributed by atoms with E-state index in [0.29, 0.717) is 39.3 Å². The first-order valence-corrected chi connectivity index (χ1v) is 15.2. The second-order valence-electron chi connectivity index (χ2n) is 6.85. The number of nitrogens with zero attached hydrogens (tertiary/aromatic N) is 2. The fraction of sp³-hybridized carbons (Fsp3) is 0.905. The predicted molar refractivity (Wildman–Crippen MR) is 131 cm³/mol. The zero-order valence-corrected chi connectivity index (χ0v) is 23.7. The molecule has 0 saturated carbocycles. The predicted octanol–water partition coefficient (Wildman–Crippen LogP) is 3.91. The lowest BCUT2D eigenvalue weighted by Gasteiger charge is -2.34. The maximum atomic E-state index is 10.1. The lowest BCUT2D eigenvalue weighted by molar-refractivity contribution is 0.0594. The van der Waals surface area contributed by atoms with Gasteiger partial charge in [-0.25, -0.2) is 19.6 Å². The van der Waals surface area contributed by atoms with Crippen LogP contribution in [0.2, 0.25) is 11.1 Å². The molecule has 0 aromatic heterocycles. The highest BCUT2D eigenvalue weighted by molar-refractivity contribution is 6.62. The van der Waals surface area contributed by atoms with Crippen LogP contribution in [0.4, 0.5) is 0 Å². The average Bonchev–Trinajstić information content (AvgIpc) is 2.83. The Morgan fingerprint density at radius 3 is 1.21 bits per heavy atom. The number of isocyanates is 2. The fourth-order valence-corrected chi connectivity index (χ4v) is 9.26. The molecule has 0 aliphatic rings. The summed E-state index contributed by atoms with van der Waals surface area (Å²) in [6, 6.07) is 0. The van der Waals surface area contributed by atoms with Gasteiger partial charge in [0.1, 0.15) is 0 Å². The lowest BCUT2D eigenvalue weighted by atomic mass is 10.2. The lowest BCUT2D eigenvalue weighted by Crippen LogP contribution is -2.50. The molecule has 0 aliphatic carbocycles. The van der Waals surface area contributed by atoms with Crippen LogP contribution in [0.1, 0.15) is 60.3 Å². The molecule has 0 spiro atoms. The van der Waals surface area contributed by atoms with Gasteiger partial charge in [-0.2, -0.15) is 0 Å². The molecule has 0 heterocycles. The van der Waals surface area contributed by atoms with Crippen LogP contribution in [0.3, 0.4) is 0 Å². The molecule has 0 fully saturated rings. The molecule has 0 amide bonds. The van der Waals surface area contributed by atoms with Crippen LogP contribution in [0, 0.1) is 0 Å². The molecule has 0 aromatic rings. The molecular formula is C21H44N2O8Si2. The van der Waals surface area contributed by atoms with Gasteiger partial charge in [0.15, 0.2) is 0 Å². The molecule has 33 heavy (non-hydrogen) atoms. The van der Waals surface area contributed by atoms with E-state index in [2.05, 4.69) is 16.9 Å². The van der Waals surface area contributed by atoms with Gasteiger partial charge in [0.2, 0.25) is 12.2 Å². The van der Waals surface area contributed by atoms with Crippen LogP contribution in [0.5, 0.6) is 0 Å². The minimum Gasteiger partial charge on any atom is -0.377 e.